The predicted octanol–water partition coefficient (Wildman–Crippen LogP) is 2.45. The molecule has 0 radical (unpaired) electrons. The van der Waals surface area contributed by atoms with Crippen molar-refractivity contribution in [2.24, 2.45) is 5.41 Å². The molecule has 0 saturated heterocycles. The van der Waals surface area contributed by atoms with Crippen molar-refractivity contribution < 1.29 is 4.74 Å². The third-order valence-electron chi connectivity index (χ3n) is 2.82. The SMILES string of the molecule is CCCOc1nc(NCC(C)(C)CN(C)C)ccc1N. The number of hydrogen-bond acceptors (Lipinski definition) is 5. The van der Waals surface area contributed by atoms with E-state index in [0.717, 1.165) is 25.3 Å². The minimum Gasteiger partial charge on any atom is -0.476 e. The second kappa shape index (κ2) is 7.33. The van der Waals surface area contributed by atoms with E-state index in [1.807, 2.05) is 12.1 Å². The molecule has 0 atom stereocenters. The van der Waals surface area contributed by atoms with E-state index < -0.39 is 0 Å². The molecule has 20 heavy (non-hydrogen) atoms. The van der Waals surface area contributed by atoms with Crippen LogP contribution >= 0.6 is 0 Å². The molecule has 0 aliphatic carbocycles. The molecule has 0 bridgehead atoms. The molecule has 0 amide bonds. The van der Waals surface area contributed by atoms with Gasteiger partial charge in [-0.2, -0.15) is 4.98 Å². The highest BCUT2D eigenvalue weighted by Crippen LogP contribution is 2.22. The lowest BCUT2D eigenvalue weighted by molar-refractivity contribution is 0.254. The Morgan fingerprint density at radius 2 is 2.05 bits per heavy atom. The molecule has 1 heterocycles. The Hall–Kier alpha value is -1.49. The zero-order chi connectivity index (χ0) is 15.2. The van der Waals surface area contributed by atoms with E-state index in [2.05, 4.69) is 50.1 Å². The van der Waals surface area contributed by atoms with Gasteiger partial charge in [-0.1, -0.05) is 20.8 Å². The number of ether oxygens (including phenoxy) is 1. The second-order valence-electron chi connectivity index (χ2n) is 6.19. The zero-order valence-corrected chi connectivity index (χ0v) is 13.4. The lowest BCUT2D eigenvalue weighted by Crippen LogP contribution is -2.34. The van der Waals surface area contributed by atoms with Crippen molar-refractivity contribution in [1.29, 1.82) is 0 Å². The summed E-state index contributed by atoms with van der Waals surface area (Å²) >= 11 is 0. The van der Waals surface area contributed by atoms with Crippen molar-refractivity contribution in [3.05, 3.63) is 12.1 Å². The Labute approximate surface area is 122 Å². The summed E-state index contributed by atoms with van der Waals surface area (Å²) in [5, 5.41) is 3.36. The maximum Gasteiger partial charge on any atom is 0.239 e. The molecule has 0 aliphatic rings. The van der Waals surface area contributed by atoms with Gasteiger partial charge in [-0.3, -0.25) is 0 Å². The van der Waals surface area contributed by atoms with Crippen LogP contribution in [0.25, 0.3) is 0 Å². The molecule has 0 aliphatic heterocycles. The number of nitrogens with zero attached hydrogens (tertiary/aromatic N) is 2. The first-order chi connectivity index (χ1) is 9.34. The summed E-state index contributed by atoms with van der Waals surface area (Å²) in [5.74, 6) is 1.32. The Kier molecular flexibility index (Phi) is 6.07. The van der Waals surface area contributed by atoms with Gasteiger partial charge in [-0.25, -0.2) is 0 Å². The van der Waals surface area contributed by atoms with Crippen molar-refractivity contribution in [2.75, 3.05) is 44.8 Å². The van der Waals surface area contributed by atoms with Crippen LogP contribution in [0.15, 0.2) is 12.1 Å². The second-order valence-corrected chi connectivity index (χ2v) is 6.19. The van der Waals surface area contributed by atoms with E-state index in [1.54, 1.807) is 0 Å². The molecule has 5 nitrogen and oxygen atoms in total. The smallest absolute Gasteiger partial charge is 0.239 e. The molecule has 0 spiro atoms. The zero-order valence-electron chi connectivity index (χ0n) is 13.4. The van der Waals surface area contributed by atoms with Gasteiger partial charge in [0.15, 0.2) is 0 Å². The number of aromatic nitrogens is 1. The van der Waals surface area contributed by atoms with Crippen LogP contribution in [0.1, 0.15) is 27.2 Å². The minimum absolute atomic E-state index is 0.164. The summed E-state index contributed by atoms with van der Waals surface area (Å²) < 4.78 is 5.54. The van der Waals surface area contributed by atoms with E-state index in [9.17, 15) is 0 Å². The van der Waals surface area contributed by atoms with E-state index in [-0.39, 0.29) is 5.41 Å². The van der Waals surface area contributed by atoms with Gasteiger partial charge >= 0.3 is 0 Å². The van der Waals surface area contributed by atoms with Gasteiger partial charge in [0.05, 0.1) is 12.3 Å². The normalized spacial score (nSPS) is 11.7. The first-order valence-corrected chi connectivity index (χ1v) is 7.12. The van der Waals surface area contributed by atoms with Crippen LogP contribution < -0.4 is 15.8 Å². The lowest BCUT2D eigenvalue weighted by atomic mass is 9.93. The Balaban J connectivity index is 2.64. The number of nitrogens with two attached hydrogens (primary N) is 1. The molecule has 1 rings (SSSR count). The van der Waals surface area contributed by atoms with Gasteiger partial charge in [0.1, 0.15) is 5.82 Å². The third-order valence-corrected chi connectivity index (χ3v) is 2.82. The first kappa shape index (κ1) is 16.6. The highest BCUT2D eigenvalue weighted by Gasteiger charge is 2.19. The van der Waals surface area contributed by atoms with E-state index in [4.69, 9.17) is 10.5 Å². The molecule has 5 heteroatoms. The summed E-state index contributed by atoms with van der Waals surface area (Å²) in [5.41, 5.74) is 6.60. The molecule has 0 aromatic carbocycles. The highest BCUT2D eigenvalue weighted by atomic mass is 16.5. The predicted molar refractivity (Wildman–Crippen MR) is 85.3 cm³/mol. The molecule has 0 saturated carbocycles. The number of hydrogen-bond donors (Lipinski definition) is 2. The van der Waals surface area contributed by atoms with Crippen LogP contribution in [0.4, 0.5) is 11.5 Å². The molecular formula is C15H28N4O. The fourth-order valence-electron chi connectivity index (χ4n) is 2.11. The first-order valence-electron chi connectivity index (χ1n) is 7.12. The maximum absolute atomic E-state index is 5.86. The number of nitrogen functional groups attached to an aromatic ring is 1. The molecule has 0 unspecified atom stereocenters. The van der Waals surface area contributed by atoms with Crippen LogP contribution in [0.2, 0.25) is 0 Å². The van der Waals surface area contributed by atoms with Crippen LogP contribution in [-0.2, 0) is 0 Å². The quantitative estimate of drug-likeness (QED) is 0.766. The summed E-state index contributed by atoms with van der Waals surface area (Å²) in [4.78, 5) is 6.61. The Bertz CT molecular complexity index is 418. The molecular weight excluding hydrogens is 252 g/mol. The average Bonchev–Trinajstić information content (AvgIpc) is 2.35. The average molecular weight is 280 g/mol. The van der Waals surface area contributed by atoms with Crippen molar-refractivity contribution in [3.63, 3.8) is 0 Å². The summed E-state index contributed by atoms with van der Waals surface area (Å²) in [6, 6.07) is 3.72. The van der Waals surface area contributed by atoms with E-state index in [0.29, 0.717) is 18.2 Å². The topological polar surface area (TPSA) is 63.4 Å². The number of anilines is 2. The van der Waals surface area contributed by atoms with Crippen molar-refractivity contribution in [2.45, 2.75) is 27.2 Å². The fourth-order valence-corrected chi connectivity index (χ4v) is 2.11. The number of nitrogens with one attached hydrogen (secondary N) is 1. The third kappa shape index (κ3) is 5.65. The Morgan fingerprint density at radius 3 is 2.65 bits per heavy atom. The lowest BCUT2D eigenvalue weighted by Gasteiger charge is -2.28. The van der Waals surface area contributed by atoms with Crippen molar-refractivity contribution in [3.8, 4) is 5.88 Å². The van der Waals surface area contributed by atoms with Crippen LogP contribution in [0.3, 0.4) is 0 Å². The van der Waals surface area contributed by atoms with E-state index >= 15 is 0 Å². The summed E-state index contributed by atoms with van der Waals surface area (Å²) in [6.45, 7) is 9.00. The van der Waals surface area contributed by atoms with Crippen LogP contribution in [-0.4, -0.2) is 43.7 Å². The summed E-state index contributed by atoms with van der Waals surface area (Å²) in [7, 11) is 4.17. The van der Waals surface area contributed by atoms with Crippen molar-refractivity contribution >= 4 is 11.5 Å². The van der Waals surface area contributed by atoms with Gasteiger partial charge in [0.25, 0.3) is 0 Å². The minimum atomic E-state index is 0.164. The van der Waals surface area contributed by atoms with Gasteiger partial charge < -0.3 is 20.7 Å². The van der Waals surface area contributed by atoms with Crippen LogP contribution in [0, 0.1) is 5.41 Å². The molecule has 1 aromatic rings. The highest BCUT2D eigenvalue weighted by molar-refractivity contribution is 5.53. The number of pyridine rings is 1. The monoisotopic (exact) mass is 280 g/mol. The number of rotatable bonds is 8. The summed E-state index contributed by atoms with van der Waals surface area (Å²) in [6.07, 6.45) is 0.939. The van der Waals surface area contributed by atoms with Crippen molar-refractivity contribution in [1.82, 2.24) is 9.88 Å². The van der Waals surface area contributed by atoms with Gasteiger partial charge in [-0.15, -0.1) is 0 Å². The van der Waals surface area contributed by atoms with Gasteiger partial charge in [0, 0.05) is 13.1 Å². The fraction of sp³-hybridized carbons (Fsp3) is 0.667. The van der Waals surface area contributed by atoms with Crippen LogP contribution in [0.5, 0.6) is 5.88 Å². The van der Waals surface area contributed by atoms with Gasteiger partial charge in [0.2, 0.25) is 5.88 Å². The molecule has 0 fully saturated rings. The largest absolute Gasteiger partial charge is 0.476 e. The standard InChI is InChI=1S/C15H28N4O/c1-6-9-20-14-12(16)7-8-13(18-14)17-10-15(2,3)11-19(4)5/h7-8H,6,9-11,16H2,1-5H3,(H,17,18). The molecule has 114 valence electrons. The van der Waals surface area contributed by atoms with Gasteiger partial charge in [-0.05, 0) is 38.1 Å². The molecule has 1 aromatic heterocycles. The van der Waals surface area contributed by atoms with E-state index in [1.165, 1.54) is 0 Å². The maximum atomic E-state index is 5.86. The Morgan fingerprint density at radius 1 is 1.35 bits per heavy atom. The molecule has 3 N–H and O–H groups in total.